The zero-order chi connectivity index (χ0) is 13.8. The van der Waals surface area contributed by atoms with Gasteiger partial charge < -0.3 is 5.73 Å². The van der Waals surface area contributed by atoms with Crippen molar-refractivity contribution in [2.75, 3.05) is 0 Å². The number of nitrogens with two attached hydrogens (primary N) is 1. The number of carbonyl (C=O) groups is 1. The Kier molecular flexibility index (Phi) is 4.53. The Morgan fingerprint density at radius 3 is 2.61 bits per heavy atom. The molecule has 98 valence electrons. The van der Waals surface area contributed by atoms with Crippen LogP contribution < -0.4 is 5.73 Å². The Balaban J connectivity index is 3.05. The fourth-order valence-electron chi connectivity index (χ4n) is 1.75. The summed E-state index contributed by atoms with van der Waals surface area (Å²) in [6.07, 6.45) is -2.41. The third kappa shape index (κ3) is 3.91. The summed E-state index contributed by atoms with van der Waals surface area (Å²) < 4.78 is 37.7. The lowest BCUT2D eigenvalue weighted by Crippen LogP contribution is -2.15. The van der Waals surface area contributed by atoms with Gasteiger partial charge in [-0.25, -0.2) is 0 Å². The molecule has 18 heavy (non-hydrogen) atoms. The Morgan fingerprint density at radius 2 is 2.11 bits per heavy atom. The second kappa shape index (κ2) is 5.71. The first-order chi connectivity index (χ1) is 8.34. The lowest BCUT2D eigenvalue weighted by Gasteiger charge is -2.15. The number of allylic oxidation sites excluding steroid dienone is 1. The fourth-order valence-corrected chi connectivity index (χ4v) is 1.75. The first kappa shape index (κ1) is 14.3. The van der Waals surface area contributed by atoms with Crippen LogP contribution in [0.1, 0.15) is 29.9 Å². The molecule has 1 unspecified atom stereocenters. The topological polar surface area (TPSA) is 43.1 Å². The first-order valence-electron chi connectivity index (χ1n) is 5.41. The third-order valence-electron chi connectivity index (χ3n) is 2.58. The van der Waals surface area contributed by atoms with E-state index in [0.717, 1.165) is 12.1 Å². The van der Waals surface area contributed by atoms with E-state index < -0.39 is 17.6 Å². The summed E-state index contributed by atoms with van der Waals surface area (Å²) in [6.45, 7) is 3.53. The summed E-state index contributed by atoms with van der Waals surface area (Å²) >= 11 is 0. The first-order valence-corrected chi connectivity index (χ1v) is 5.41. The van der Waals surface area contributed by atoms with Crippen molar-refractivity contribution in [3.8, 4) is 0 Å². The number of halogens is 3. The van der Waals surface area contributed by atoms with Crippen molar-refractivity contribution >= 4 is 5.91 Å². The number of hydrogen-bond donors (Lipinski definition) is 1. The lowest BCUT2D eigenvalue weighted by molar-refractivity contribution is -0.137. The standard InChI is InChI=1S/C13H14F3NO/c1-2-4-9(8-12(17)18)10-5-3-6-11(7-10)13(14,15)16/h2-3,5-7,9H,1,4,8H2,(H2,17,18). The lowest BCUT2D eigenvalue weighted by atomic mass is 9.91. The molecule has 2 nitrogen and oxygen atoms in total. The van der Waals surface area contributed by atoms with Crippen molar-refractivity contribution in [3.63, 3.8) is 0 Å². The van der Waals surface area contributed by atoms with Crippen LogP contribution in [0.4, 0.5) is 13.2 Å². The van der Waals surface area contributed by atoms with E-state index >= 15 is 0 Å². The highest BCUT2D eigenvalue weighted by atomic mass is 19.4. The van der Waals surface area contributed by atoms with Crippen molar-refractivity contribution in [2.24, 2.45) is 5.73 Å². The van der Waals surface area contributed by atoms with Crippen molar-refractivity contribution in [3.05, 3.63) is 48.0 Å². The summed E-state index contributed by atoms with van der Waals surface area (Å²) in [5.41, 5.74) is 4.81. The molecular weight excluding hydrogens is 243 g/mol. The molecule has 0 fully saturated rings. The van der Waals surface area contributed by atoms with E-state index in [0.29, 0.717) is 12.0 Å². The molecule has 1 rings (SSSR count). The van der Waals surface area contributed by atoms with Gasteiger partial charge in [0.25, 0.3) is 0 Å². The molecule has 0 spiro atoms. The van der Waals surface area contributed by atoms with E-state index in [1.807, 2.05) is 0 Å². The number of carbonyl (C=O) groups excluding carboxylic acids is 1. The molecule has 0 bridgehead atoms. The van der Waals surface area contributed by atoms with Crippen LogP contribution in [0.15, 0.2) is 36.9 Å². The molecule has 0 saturated carbocycles. The second-order valence-electron chi connectivity index (χ2n) is 4.01. The highest BCUT2D eigenvalue weighted by molar-refractivity contribution is 5.74. The van der Waals surface area contributed by atoms with Crippen molar-refractivity contribution in [1.82, 2.24) is 0 Å². The Labute approximate surface area is 103 Å². The molecule has 0 aliphatic rings. The van der Waals surface area contributed by atoms with Gasteiger partial charge >= 0.3 is 6.18 Å². The van der Waals surface area contributed by atoms with Crippen LogP contribution in [0.25, 0.3) is 0 Å². The second-order valence-corrected chi connectivity index (χ2v) is 4.01. The minimum absolute atomic E-state index is 0.00727. The molecule has 0 heterocycles. The summed E-state index contributed by atoms with van der Waals surface area (Å²) in [7, 11) is 0. The zero-order valence-electron chi connectivity index (χ0n) is 9.70. The van der Waals surface area contributed by atoms with Gasteiger partial charge in [0.15, 0.2) is 0 Å². The molecule has 1 aromatic rings. The molecule has 0 aliphatic carbocycles. The molecule has 1 atom stereocenters. The Hall–Kier alpha value is -1.78. The highest BCUT2D eigenvalue weighted by Gasteiger charge is 2.31. The average molecular weight is 257 g/mol. The van der Waals surface area contributed by atoms with Crippen molar-refractivity contribution in [1.29, 1.82) is 0 Å². The maximum absolute atomic E-state index is 12.6. The predicted octanol–water partition coefficient (Wildman–Crippen LogP) is 3.24. The van der Waals surface area contributed by atoms with Gasteiger partial charge in [0.1, 0.15) is 0 Å². The van der Waals surface area contributed by atoms with Crippen LogP contribution >= 0.6 is 0 Å². The largest absolute Gasteiger partial charge is 0.416 e. The average Bonchev–Trinajstić information content (AvgIpc) is 2.27. The van der Waals surface area contributed by atoms with E-state index in [2.05, 4.69) is 6.58 Å². The molecule has 5 heteroatoms. The number of benzene rings is 1. The van der Waals surface area contributed by atoms with E-state index in [1.54, 1.807) is 12.1 Å². The summed E-state index contributed by atoms with van der Waals surface area (Å²) in [4.78, 5) is 10.9. The minimum atomic E-state index is -4.39. The summed E-state index contributed by atoms with van der Waals surface area (Å²) in [6, 6.07) is 4.94. The molecule has 1 aromatic carbocycles. The van der Waals surface area contributed by atoms with Gasteiger partial charge in [-0.15, -0.1) is 6.58 Å². The normalized spacial score (nSPS) is 13.1. The molecule has 0 aliphatic heterocycles. The molecule has 0 aromatic heterocycles. The fraction of sp³-hybridized carbons (Fsp3) is 0.308. The molecular formula is C13H14F3NO. The predicted molar refractivity (Wildman–Crippen MR) is 62.8 cm³/mol. The quantitative estimate of drug-likeness (QED) is 0.808. The maximum atomic E-state index is 12.6. The smallest absolute Gasteiger partial charge is 0.370 e. The van der Waals surface area contributed by atoms with Gasteiger partial charge in [-0.2, -0.15) is 13.2 Å². The monoisotopic (exact) mass is 257 g/mol. The van der Waals surface area contributed by atoms with Gasteiger partial charge in [0, 0.05) is 6.42 Å². The minimum Gasteiger partial charge on any atom is -0.370 e. The van der Waals surface area contributed by atoms with Gasteiger partial charge in [-0.3, -0.25) is 4.79 Å². The number of rotatable bonds is 5. The van der Waals surface area contributed by atoms with Crippen LogP contribution in [-0.2, 0) is 11.0 Å². The summed E-state index contributed by atoms with van der Waals surface area (Å²) in [5, 5.41) is 0. The molecule has 0 saturated heterocycles. The molecule has 1 amide bonds. The number of amides is 1. The SMILES string of the molecule is C=CCC(CC(N)=O)c1cccc(C(F)(F)F)c1. The van der Waals surface area contributed by atoms with Crippen molar-refractivity contribution in [2.45, 2.75) is 24.9 Å². The van der Waals surface area contributed by atoms with Gasteiger partial charge in [-0.1, -0.05) is 24.3 Å². The highest BCUT2D eigenvalue weighted by Crippen LogP contribution is 2.32. The van der Waals surface area contributed by atoms with Crippen LogP contribution in [0.5, 0.6) is 0 Å². The number of alkyl halides is 3. The van der Waals surface area contributed by atoms with Gasteiger partial charge in [-0.05, 0) is 24.0 Å². The van der Waals surface area contributed by atoms with E-state index in [4.69, 9.17) is 5.73 Å². The van der Waals surface area contributed by atoms with E-state index in [-0.39, 0.29) is 12.3 Å². The van der Waals surface area contributed by atoms with Gasteiger partial charge in [0.05, 0.1) is 5.56 Å². The van der Waals surface area contributed by atoms with Crippen molar-refractivity contribution < 1.29 is 18.0 Å². The zero-order valence-corrected chi connectivity index (χ0v) is 9.70. The van der Waals surface area contributed by atoms with Gasteiger partial charge in [0.2, 0.25) is 5.91 Å². The Morgan fingerprint density at radius 1 is 1.44 bits per heavy atom. The Bertz CT molecular complexity index is 440. The van der Waals surface area contributed by atoms with Crippen LogP contribution in [-0.4, -0.2) is 5.91 Å². The van der Waals surface area contributed by atoms with Crippen LogP contribution in [0, 0.1) is 0 Å². The molecule has 0 radical (unpaired) electrons. The van der Waals surface area contributed by atoms with Crippen LogP contribution in [0.3, 0.4) is 0 Å². The van der Waals surface area contributed by atoms with E-state index in [9.17, 15) is 18.0 Å². The maximum Gasteiger partial charge on any atom is 0.416 e. The molecule has 2 N–H and O–H groups in total. The number of hydrogen-bond acceptors (Lipinski definition) is 1. The van der Waals surface area contributed by atoms with E-state index in [1.165, 1.54) is 6.07 Å². The summed E-state index contributed by atoms with van der Waals surface area (Å²) in [5.74, 6) is -0.901. The number of primary amides is 1. The third-order valence-corrected chi connectivity index (χ3v) is 2.58. The van der Waals surface area contributed by atoms with Crippen LogP contribution in [0.2, 0.25) is 0 Å².